The summed E-state index contributed by atoms with van der Waals surface area (Å²) < 4.78 is 11.2. The molecule has 3 aromatic rings. The number of nitrogens with zero attached hydrogens (tertiary/aromatic N) is 4. The number of methoxy groups -OCH3 is 1. The molecule has 0 saturated heterocycles. The Hall–Kier alpha value is -4.24. The second-order valence-corrected chi connectivity index (χ2v) is 7.07. The van der Waals surface area contributed by atoms with E-state index in [0.29, 0.717) is 43.8 Å². The Morgan fingerprint density at radius 2 is 2.03 bits per heavy atom. The number of para-hydroxylation sites is 1. The van der Waals surface area contributed by atoms with E-state index in [1.165, 1.54) is 31.8 Å². The second kappa shape index (κ2) is 9.92. The molecule has 0 spiro atoms. The topological polar surface area (TPSA) is 117 Å². The van der Waals surface area contributed by atoms with Gasteiger partial charge in [0.25, 0.3) is 5.91 Å². The van der Waals surface area contributed by atoms with E-state index in [2.05, 4.69) is 25.6 Å². The van der Waals surface area contributed by atoms with Crippen LogP contribution in [-0.2, 0) is 9.59 Å². The Labute approximate surface area is 193 Å². The van der Waals surface area contributed by atoms with Crippen molar-refractivity contribution in [1.82, 2.24) is 20.6 Å². The predicted molar refractivity (Wildman–Crippen MR) is 122 cm³/mol. The summed E-state index contributed by atoms with van der Waals surface area (Å²) in [7, 11) is 1.52. The number of amides is 2. The molecule has 0 aliphatic carbocycles. The number of hydrogen-bond acceptors (Lipinski definition) is 7. The van der Waals surface area contributed by atoms with Crippen molar-refractivity contribution in [2.75, 3.05) is 13.7 Å². The summed E-state index contributed by atoms with van der Waals surface area (Å²) in [6, 6.07) is 8.56. The van der Waals surface area contributed by atoms with Crippen LogP contribution in [0.4, 0.5) is 5.82 Å². The number of fused-ring (bicyclic) bond motifs is 2. The lowest BCUT2D eigenvalue weighted by Crippen LogP contribution is -2.30. The van der Waals surface area contributed by atoms with Gasteiger partial charge in [0.2, 0.25) is 5.91 Å². The highest BCUT2D eigenvalue weighted by Crippen LogP contribution is 2.33. The first kappa shape index (κ1) is 22.0. The van der Waals surface area contributed by atoms with E-state index in [1.807, 2.05) is 0 Å². The average molecular weight is 463 g/mol. The Balaban J connectivity index is 1.95. The maximum atomic E-state index is 12.1. The molecular formula is C23H17ClN5O4. The van der Waals surface area contributed by atoms with Crippen molar-refractivity contribution < 1.29 is 19.1 Å². The molecule has 2 bridgehead atoms. The van der Waals surface area contributed by atoms with Crippen molar-refractivity contribution in [2.45, 2.75) is 0 Å². The Morgan fingerprint density at radius 3 is 2.88 bits per heavy atom. The van der Waals surface area contributed by atoms with Crippen molar-refractivity contribution >= 4 is 46.3 Å². The van der Waals surface area contributed by atoms with Gasteiger partial charge in [-0.05, 0) is 18.2 Å². The molecule has 1 aliphatic heterocycles. The summed E-state index contributed by atoms with van der Waals surface area (Å²) in [5.74, 6) is 0.264. The van der Waals surface area contributed by atoms with Crippen LogP contribution in [-0.4, -0.2) is 35.5 Å². The van der Waals surface area contributed by atoms with E-state index in [9.17, 15) is 9.59 Å². The number of carbonyl (C=O) groups is 2. The number of carbonyl (C=O) groups excluding carboxylic acids is 2. The lowest BCUT2D eigenvalue weighted by Gasteiger charge is -2.10. The number of rotatable bonds is 1. The Kier molecular flexibility index (Phi) is 6.61. The summed E-state index contributed by atoms with van der Waals surface area (Å²) >= 11 is 6.42. The molecule has 165 valence electrons. The number of nitrogens with one attached hydrogen (secondary N) is 1. The third-order valence-corrected chi connectivity index (χ3v) is 4.82. The lowest BCUT2D eigenvalue weighted by atomic mass is 10.2. The molecule has 33 heavy (non-hydrogen) atoms. The first-order valence-electron chi connectivity index (χ1n) is 9.72. The monoisotopic (exact) mass is 462 g/mol. The molecule has 0 atom stereocenters. The van der Waals surface area contributed by atoms with Gasteiger partial charge in [0.15, 0.2) is 5.82 Å². The van der Waals surface area contributed by atoms with Gasteiger partial charge in [0.1, 0.15) is 29.9 Å². The van der Waals surface area contributed by atoms with Crippen LogP contribution in [0.5, 0.6) is 11.5 Å². The quantitative estimate of drug-likeness (QED) is 0.588. The minimum Gasteiger partial charge on any atom is -0.494 e. The van der Waals surface area contributed by atoms with Crippen molar-refractivity contribution in [3.8, 4) is 11.5 Å². The number of benzene rings is 2. The second-order valence-electron chi connectivity index (χ2n) is 6.66. The molecule has 2 amide bonds. The van der Waals surface area contributed by atoms with Gasteiger partial charge < -0.3 is 14.8 Å². The summed E-state index contributed by atoms with van der Waals surface area (Å²) in [5, 5.41) is 8.14. The minimum atomic E-state index is -0.532. The maximum Gasteiger partial charge on any atom is 0.269 e. The maximum absolute atomic E-state index is 12.1. The molecule has 0 fully saturated rings. The van der Waals surface area contributed by atoms with Crippen LogP contribution in [0.25, 0.3) is 17.1 Å². The van der Waals surface area contributed by atoms with E-state index in [-0.39, 0.29) is 6.61 Å². The van der Waals surface area contributed by atoms with Crippen molar-refractivity contribution in [1.29, 1.82) is 0 Å². The molecule has 2 heterocycles. The standard InChI is InChI=1S/C23H17ClN5O4/c1-32-18-11-15-10-16-22(18)27-13-28-23(16)29-21-14(4-2-5-17(21)24)12-26-20(31)7-8-25-19(30)6-3-9-33-15/h2-8,10-13H,9H2,1H3,(H,26,31)/b6-3-,8-7+,14-12+,29-21-. The fraction of sp³-hybridized carbons (Fsp3) is 0.0870. The molecule has 2 aromatic carbocycles. The normalized spacial score (nSPS) is 18.1. The fourth-order valence-corrected chi connectivity index (χ4v) is 3.23. The summed E-state index contributed by atoms with van der Waals surface area (Å²) in [6.45, 7) is 0.101. The van der Waals surface area contributed by atoms with Gasteiger partial charge in [0, 0.05) is 35.8 Å². The average Bonchev–Trinajstić information content (AvgIpc) is 2.81. The van der Waals surface area contributed by atoms with Gasteiger partial charge in [-0.1, -0.05) is 23.7 Å². The zero-order valence-corrected chi connectivity index (χ0v) is 18.1. The molecule has 1 N–H and O–H groups in total. The molecule has 0 saturated carbocycles. The van der Waals surface area contributed by atoms with E-state index < -0.39 is 11.8 Å². The number of halogens is 1. The summed E-state index contributed by atoms with van der Waals surface area (Å²) in [5.41, 5.74) is 0.536. The van der Waals surface area contributed by atoms with E-state index >= 15 is 0 Å². The third kappa shape index (κ3) is 5.16. The highest BCUT2D eigenvalue weighted by atomic mass is 35.5. The zero-order valence-electron chi connectivity index (χ0n) is 17.4. The summed E-state index contributed by atoms with van der Waals surface area (Å²) in [4.78, 5) is 37.2. The molecule has 1 radical (unpaired) electrons. The van der Waals surface area contributed by atoms with Crippen LogP contribution in [0.3, 0.4) is 0 Å². The van der Waals surface area contributed by atoms with Crippen LogP contribution in [0.2, 0.25) is 5.02 Å². The smallest absolute Gasteiger partial charge is 0.269 e. The molecule has 10 heteroatoms. The van der Waals surface area contributed by atoms with Gasteiger partial charge >= 0.3 is 0 Å². The van der Waals surface area contributed by atoms with Gasteiger partial charge in [0.05, 0.1) is 22.9 Å². The number of ether oxygens (including phenoxy) is 2. The van der Waals surface area contributed by atoms with Crippen LogP contribution in [0.15, 0.2) is 66.1 Å². The number of aromatic nitrogens is 2. The lowest BCUT2D eigenvalue weighted by molar-refractivity contribution is -0.115. The minimum absolute atomic E-state index is 0.101. The van der Waals surface area contributed by atoms with Crippen LogP contribution in [0.1, 0.15) is 0 Å². The first-order valence-corrected chi connectivity index (χ1v) is 10.1. The molecule has 9 nitrogen and oxygen atoms in total. The molecule has 0 unspecified atom stereocenters. The van der Waals surface area contributed by atoms with Gasteiger partial charge in [-0.15, -0.1) is 0 Å². The highest BCUT2D eigenvalue weighted by Gasteiger charge is 2.12. The van der Waals surface area contributed by atoms with E-state index in [0.717, 1.165) is 12.3 Å². The highest BCUT2D eigenvalue weighted by molar-refractivity contribution is 6.30. The van der Waals surface area contributed by atoms with Crippen LogP contribution >= 0.6 is 11.6 Å². The molecule has 4 rings (SSSR count). The number of hydrogen-bond donors (Lipinski definition) is 1. The fourth-order valence-electron chi connectivity index (χ4n) is 3.01. The molecule has 1 aliphatic rings. The SMILES string of the molecule is COc1cc2cc3c(ncnc13)/N=c1\c(Cl)ccc\c1=C/NC(=O)/C=C/[N]C(=O)/C=C\CO2. The Bertz CT molecular complexity index is 1420. The zero-order chi connectivity index (χ0) is 23.2. The van der Waals surface area contributed by atoms with E-state index in [1.54, 1.807) is 30.3 Å². The molecular weight excluding hydrogens is 446 g/mol. The van der Waals surface area contributed by atoms with Gasteiger partial charge in [-0.25, -0.2) is 20.3 Å². The van der Waals surface area contributed by atoms with Gasteiger partial charge in [-0.2, -0.15) is 0 Å². The molecule has 1 aromatic heterocycles. The third-order valence-electron chi connectivity index (χ3n) is 4.52. The van der Waals surface area contributed by atoms with Crippen LogP contribution < -0.4 is 30.7 Å². The van der Waals surface area contributed by atoms with E-state index in [4.69, 9.17) is 21.1 Å². The van der Waals surface area contributed by atoms with Crippen LogP contribution in [0, 0.1) is 0 Å². The van der Waals surface area contributed by atoms with Crippen molar-refractivity contribution in [2.24, 2.45) is 4.99 Å². The van der Waals surface area contributed by atoms with Crippen molar-refractivity contribution in [3.05, 3.63) is 76.7 Å². The largest absolute Gasteiger partial charge is 0.494 e. The van der Waals surface area contributed by atoms with Gasteiger partial charge in [-0.3, -0.25) is 9.59 Å². The predicted octanol–water partition coefficient (Wildman–Crippen LogP) is 1.69. The Morgan fingerprint density at radius 1 is 1.15 bits per heavy atom. The summed E-state index contributed by atoms with van der Waals surface area (Å²) in [6.07, 6.45) is 7.85. The van der Waals surface area contributed by atoms with Crippen molar-refractivity contribution in [3.63, 3.8) is 0 Å². The first-order chi connectivity index (χ1) is 16.0.